The maximum absolute atomic E-state index is 12.5. The second kappa shape index (κ2) is 4.32. The molecule has 1 saturated heterocycles. The molecule has 0 atom stereocenters. The number of Topliss-reactive ketones (excluding diaryl/α,β-unsaturated/α-hetero) is 2. The lowest BCUT2D eigenvalue weighted by atomic mass is 10.0. The number of hydrogen-bond acceptors (Lipinski definition) is 3. The Bertz CT molecular complexity index is 750. The molecule has 4 rings (SSSR count). The lowest BCUT2D eigenvalue weighted by Gasteiger charge is -2.02. The van der Waals surface area contributed by atoms with E-state index in [9.17, 15) is 9.59 Å². The maximum atomic E-state index is 12.5. The van der Waals surface area contributed by atoms with Gasteiger partial charge in [-0.15, -0.1) is 0 Å². The Morgan fingerprint density at radius 2 is 1.75 bits per heavy atom. The minimum Gasteiger partial charge on any atom is -0.289 e. The van der Waals surface area contributed by atoms with E-state index in [1.54, 1.807) is 0 Å². The molecular weight excluding hydrogens is 268 g/mol. The molecule has 98 valence electrons. The van der Waals surface area contributed by atoms with E-state index in [1.807, 2.05) is 30.3 Å². The molecule has 1 fully saturated rings. The fourth-order valence-corrected chi connectivity index (χ4v) is 4.14. The minimum absolute atomic E-state index is 0.0243. The van der Waals surface area contributed by atoms with Crippen LogP contribution in [0, 0.1) is 0 Å². The Morgan fingerprint density at radius 3 is 2.55 bits per heavy atom. The number of carbonyl (C=O) groups excluding carboxylic acids is 2. The number of thioether (sulfide) groups is 1. The second-order valence-corrected chi connectivity index (χ2v) is 6.22. The Kier molecular flexibility index (Phi) is 2.57. The molecule has 1 aromatic rings. The van der Waals surface area contributed by atoms with Crippen molar-refractivity contribution >= 4 is 23.3 Å². The highest BCUT2D eigenvalue weighted by atomic mass is 32.2. The topological polar surface area (TPSA) is 34.1 Å². The van der Waals surface area contributed by atoms with Crippen molar-refractivity contribution in [3.63, 3.8) is 0 Å². The van der Waals surface area contributed by atoms with E-state index in [0.717, 1.165) is 34.4 Å². The summed E-state index contributed by atoms with van der Waals surface area (Å²) in [5.41, 5.74) is 3.26. The highest BCUT2D eigenvalue weighted by molar-refractivity contribution is 8.08. The van der Waals surface area contributed by atoms with Crippen molar-refractivity contribution in [1.82, 2.24) is 0 Å². The number of ketones is 2. The molecule has 2 aliphatic carbocycles. The zero-order valence-corrected chi connectivity index (χ0v) is 11.6. The average Bonchev–Trinajstić information content (AvgIpc) is 2.98. The summed E-state index contributed by atoms with van der Waals surface area (Å²) >= 11 is 1.48. The molecule has 1 heterocycles. The number of fused-ring (bicyclic) bond motifs is 2. The van der Waals surface area contributed by atoms with Crippen LogP contribution in [0.25, 0.3) is 0 Å². The van der Waals surface area contributed by atoms with Crippen LogP contribution in [0.3, 0.4) is 0 Å². The van der Waals surface area contributed by atoms with Gasteiger partial charge in [-0.2, -0.15) is 0 Å². The van der Waals surface area contributed by atoms with Crippen LogP contribution < -0.4 is 0 Å². The van der Waals surface area contributed by atoms with E-state index in [0.29, 0.717) is 16.9 Å². The summed E-state index contributed by atoms with van der Waals surface area (Å²) in [6.07, 6.45) is 6.60. The van der Waals surface area contributed by atoms with Crippen molar-refractivity contribution in [1.29, 1.82) is 0 Å². The van der Waals surface area contributed by atoms with Crippen LogP contribution >= 0.6 is 11.8 Å². The SMILES string of the molecule is O=C1C2=CCCC=C2S/C1=C1/Cc2ccccc2C1=O. The number of hydrogen-bond donors (Lipinski definition) is 0. The highest BCUT2D eigenvalue weighted by Crippen LogP contribution is 2.47. The molecule has 0 unspecified atom stereocenters. The normalized spacial score (nSPS) is 24.4. The largest absolute Gasteiger partial charge is 0.289 e. The molecule has 3 heteroatoms. The molecule has 0 bridgehead atoms. The van der Waals surface area contributed by atoms with Gasteiger partial charge in [-0.25, -0.2) is 0 Å². The minimum atomic E-state index is 0.0243. The molecule has 0 amide bonds. The summed E-state index contributed by atoms with van der Waals surface area (Å²) in [5, 5.41) is 0. The van der Waals surface area contributed by atoms with Gasteiger partial charge in [0.05, 0.1) is 4.91 Å². The molecule has 2 nitrogen and oxygen atoms in total. The maximum Gasteiger partial charge on any atom is 0.200 e. The Morgan fingerprint density at radius 1 is 0.950 bits per heavy atom. The van der Waals surface area contributed by atoms with E-state index in [4.69, 9.17) is 0 Å². The lowest BCUT2D eigenvalue weighted by molar-refractivity contribution is -0.111. The summed E-state index contributed by atoms with van der Waals surface area (Å²) in [4.78, 5) is 26.6. The summed E-state index contributed by atoms with van der Waals surface area (Å²) in [7, 11) is 0. The second-order valence-electron chi connectivity index (χ2n) is 5.17. The molecule has 1 aliphatic heterocycles. The standard InChI is InChI=1S/C17H12O2S/c18-15-11-6-2-1-5-10(11)9-13(15)17-16(19)12-7-3-4-8-14(12)20-17/h1-2,5-8H,3-4,9H2/b17-13-. The van der Waals surface area contributed by atoms with E-state index in [1.165, 1.54) is 11.8 Å². The Hall–Kier alpha value is -1.87. The monoisotopic (exact) mass is 280 g/mol. The van der Waals surface area contributed by atoms with Crippen molar-refractivity contribution in [2.45, 2.75) is 19.3 Å². The first-order valence-corrected chi connectivity index (χ1v) is 7.56. The smallest absolute Gasteiger partial charge is 0.200 e. The van der Waals surface area contributed by atoms with Crippen molar-refractivity contribution in [3.05, 3.63) is 68.5 Å². The fraction of sp³-hybridized carbons (Fsp3) is 0.176. The first kappa shape index (κ1) is 11.9. The molecule has 1 aromatic carbocycles. The van der Waals surface area contributed by atoms with Gasteiger partial charge in [-0.1, -0.05) is 48.2 Å². The van der Waals surface area contributed by atoms with E-state index < -0.39 is 0 Å². The molecule has 0 N–H and O–H groups in total. The molecule has 3 aliphatic rings. The van der Waals surface area contributed by atoms with E-state index >= 15 is 0 Å². The molecule has 0 spiro atoms. The van der Waals surface area contributed by atoms with Gasteiger partial charge >= 0.3 is 0 Å². The van der Waals surface area contributed by atoms with Crippen LogP contribution in [0.5, 0.6) is 0 Å². The predicted octanol–water partition coefficient (Wildman–Crippen LogP) is 3.60. The molecule has 0 radical (unpaired) electrons. The Balaban J connectivity index is 1.83. The van der Waals surface area contributed by atoms with Crippen LogP contribution in [0.1, 0.15) is 28.8 Å². The van der Waals surface area contributed by atoms with Gasteiger partial charge in [0.1, 0.15) is 0 Å². The van der Waals surface area contributed by atoms with Crippen LogP contribution in [-0.4, -0.2) is 11.6 Å². The summed E-state index contributed by atoms with van der Waals surface area (Å²) < 4.78 is 0. The van der Waals surface area contributed by atoms with Gasteiger partial charge < -0.3 is 0 Å². The van der Waals surface area contributed by atoms with Gasteiger partial charge in [0.2, 0.25) is 5.78 Å². The quantitative estimate of drug-likeness (QED) is 0.681. The third-order valence-electron chi connectivity index (χ3n) is 3.95. The van der Waals surface area contributed by atoms with Gasteiger partial charge in [-0.05, 0) is 18.4 Å². The number of allylic oxidation sites excluding steroid dienone is 5. The number of rotatable bonds is 0. The number of carbonyl (C=O) groups is 2. The third-order valence-corrected chi connectivity index (χ3v) is 5.19. The van der Waals surface area contributed by atoms with E-state index in [2.05, 4.69) is 6.08 Å². The van der Waals surface area contributed by atoms with Gasteiger partial charge in [0, 0.05) is 28.0 Å². The Labute approximate surface area is 121 Å². The molecular formula is C17H12O2S. The average molecular weight is 280 g/mol. The fourth-order valence-electron chi connectivity index (χ4n) is 2.94. The first-order valence-electron chi connectivity index (χ1n) is 6.74. The van der Waals surface area contributed by atoms with Crippen LogP contribution in [0.2, 0.25) is 0 Å². The summed E-state index contributed by atoms with van der Waals surface area (Å²) in [6, 6.07) is 7.63. The summed E-state index contributed by atoms with van der Waals surface area (Å²) in [6.45, 7) is 0. The molecule has 0 aromatic heterocycles. The predicted molar refractivity (Wildman–Crippen MR) is 79.5 cm³/mol. The van der Waals surface area contributed by atoms with E-state index in [-0.39, 0.29) is 11.6 Å². The zero-order valence-electron chi connectivity index (χ0n) is 10.8. The first-order chi connectivity index (χ1) is 9.75. The lowest BCUT2D eigenvalue weighted by Crippen LogP contribution is -2.04. The molecule has 0 saturated carbocycles. The van der Waals surface area contributed by atoms with Crippen LogP contribution in [0.15, 0.2) is 57.4 Å². The third kappa shape index (κ3) is 1.59. The van der Waals surface area contributed by atoms with Crippen LogP contribution in [-0.2, 0) is 11.2 Å². The van der Waals surface area contributed by atoms with Crippen molar-refractivity contribution < 1.29 is 9.59 Å². The highest BCUT2D eigenvalue weighted by Gasteiger charge is 2.36. The molecule has 20 heavy (non-hydrogen) atoms. The van der Waals surface area contributed by atoms with Crippen molar-refractivity contribution in [2.24, 2.45) is 0 Å². The van der Waals surface area contributed by atoms with Gasteiger partial charge in [0.25, 0.3) is 0 Å². The van der Waals surface area contributed by atoms with Gasteiger partial charge in [-0.3, -0.25) is 9.59 Å². The number of benzene rings is 1. The van der Waals surface area contributed by atoms with Crippen molar-refractivity contribution in [3.8, 4) is 0 Å². The van der Waals surface area contributed by atoms with Gasteiger partial charge in [0.15, 0.2) is 5.78 Å². The van der Waals surface area contributed by atoms with Crippen LogP contribution in [0.4, 0.5) is 0 Å². The zero-order chi connectivity index (χ0) is 13.7. The van der Waals surface area contributed by atoms with Crippen molar-refractivity contribution in [2.75, 3.05) is 0 Å². The summed E-state index contributed by atoms with van der Waals surface area (Å²) in [5.74, 6) is 0.0633.